The normalized spacial score (nSPS) is 11.0. The van der Waals surface area contributed by atoms with Crippen molar-refractivity contribution in [2.45, 2.75) is 26.3 Å². The fourth-order valence-corrected chi connectivity index (χ4v) is 2.64. The quantitative estimate of drug-likeness (QED) is 0.260. The van der Waals surface area contributed by atoms with Crippen LogP contribution in [0.15, 0.2) is 45.9 Å². The van der Waals surface area contributed by atoms with Crippen LogP contribution in [-0.2, 0) is 13.0 Å². The number of aromatic nitrogens is 1. The van der Waals surface area contributed by atoms with Crippen molar-refractivity contribution >= 4 is 45.9 Å². The summed E-state index contributed by atoms with van der Waals surface area (Å²) >= 11 is 3.27. The van der Waals surface area contributed by atoms with Crippen molar-refractivity contribution in [2.24, 2.45) is 4.99 Å². The van der Waals surface area contributed by atoms with E-state index in [-0.39, 0.29) is 29.8 Å². The first kappa shape index (κ1) is 21.8. The van der Waals surface area contributed by atoms with E-state index in [1.54, 1.807) is 7.05 Å². The van der Waals surface area contributed by atoms with Gasteiger partial charge in [0, 0.05) is 23.8 Å². The van der Waals surface area contributed by atoms with Gasteiger partial charge < -0.3 is 10.6 Å². The largest absolute Gasteiger partial charge is 0.356 e. The Bertz CT molecular complexity index is 709. The van der Waals surface area contributed by atoms with Crippen LogP contribution in [0.4, 0.5) is 4.39 Å². The lowest BCUT2D eigenvalue weighted by atomic mass is 10.1. The Labute approximate surface area is 173 Å². The maximum absolute atomic E-state index is 13.8. The van der Waals surface area contributed by atoms with Crippen molar-refractivity contribution < 1.29 is 4.39 Å². The maximum Gasteiger partial charge on any atom is 0.191 e. The van der Waals surface area contributed by atoms with Crippen LogP contribution < -0.4 is 10.6 Å². The predicted octanol–water partition coefficient (Wildman–Crippen LogP) is 4.21. The molecule has 2 N–H and O–H groups in total. The van der Waals surface area contributed by atoms with Crippen molar-refractivity contribution in [3.8, 4) is 0 Å². The Hall–Kier alpha value is -1.22. The van der Waals surface area contributed by atoms with Gasteiger partial charge in [0.15, 0.2) is 5.96 Å². The smallest absolute Gasteiger partial charge is 0.191 e. The third-order valence-corrected chi connectivity index (χ3v) is 4.03. The molecule has 2 aromatic rings. The molecular weight excluding hydrogens is 498 g/mol. The summed E-state index contributed by atoms with van der Waals surface area (Å²) in [7, 11) is 1.73. The van der Waals surface area contributed by atoms with Gasteiger partial charge in [-0.05, 0) is 49.6 Å². The SMILES string of the molecule is CN=C(NCCCc1ccc(Br)cc1F)NCc1cccc(C)n1.I. The van der Waals surface area contributed by atoms with E-state index in [4.69, 9.17) is 0 Å². The molecule has 1 aromatic carbocycles. The van der Waals surface area contributed by atoms with E-state index in [1.807, 2.05) is 37.3 Å². The summed E-state index contributed by atoms with van der Waals surface area (Å²) in [4.78, 5) is 8.63. The molecule has 0 aliphatic heterocycles. The lowest BCUT2D eigenvalue weighted by Crippen LogP contribution is -2.37. The Morgan fingerprint density at radius 3 is 2.72 bits per heavy atom. The van der Waals surface area contributed by atoms with E-state index in [9.17, 15) is 4.39 Å². The molecule has 4 nitrogen and oxygen atoms in total. The highest BCUT2D eigenvalue weighted by atomic mass is 127. The number of aryl methyl sites for hydroxylation is 2. The monoisotopic (exact) mass is 520 g/mol. The zero-order valence-corrected chi connectivity index (χ0v) is 18.3. The van der Waals surface area contributed by atoms with Crippen LogP contribution in [0.3, 0.4) is 0 Å². The molecule has 2 rings (SSSR count). The molecule has 0 amide bonds. The fourth-order valence-electron chi connectivity index (χ4n) is 2.30. The van der Waals surface area contributed by atoms with E-state index in [1.165, 1.54) is 6.07 Å². The Morgan fingerprint density at radius 2 is 2.04 bits per heavy atom. The number of halogens is 3. The van der Waals surface area contributed by atoms with E-state index < -0.39 is 0 Å². The van der Waals surface area contributed by atoms with Crippen LogP contribution >= 0.6 is 39.9 Å². The molecule has 0 aliphatic carbocycles. The van der Waals surface area contributed by atoms with Crippen molar-refractivity contribution in [1.82, 2.24) is 15.6 Å². The number of nitrogens with zero attached hydrogens (tertiary/aromatic N) is 2. The van der Waals surface area contributed by atoms with Crippen LogP contribution in [-0.4, -0.2) is 24.5 Å². The number of hydrogen-bond donors (Lipinski definition) is 2. The molecule has 7 heteroatoms. The van der Waals surface area contributed by atoms with Crippen molar-refractivity contribution in [1.29, 1.82) is 0 Å². The van der Waals surface area contributed by atoms with Gasteiger partial charge in [-0.15, -0.1) is 24.0 Å². The third-order valence-electron chi connectivity index (χ3n) is 3.54. The molecule has 0 bridgehead atoms. The standard InChI is InChI=1S/C18H22BrFN4.HI/c1-13-5-3-7-16(24-13)12-23-18(21-2)22-10-4-6-14-8-9-15(19)11-17(14)20;/h3,5,7-9,11H,4,6,10,12H2,1-2H3,(H2,21,22,23);1H. The summed E-state index contributed by atoms with van der Waals surface area (Å²) in [6.07, 6.45) is 1.50. The topological polar surface area (TPSA) is 49.3 Å². The minimum atomic E-state index is -0.169. The minimum absolute atomic E-state index is 0. The van der Waals surface area contributed by atoms with Gasteiger partial charge >= 0.3 is 0 Å². The zero-order chi connectivity index (χ0) is 17.4. The summed E-state index contributed by atoms with van der Waals surface area (Å²) < 4.78 is 14.5. The second kappa shape index (κ2) is 11.4. The highest BCUT2D eigenvalue weighted by Crippen LogP contribution is 2.16. The number of benzene rings is 1. The summed E-state index contributed by atoms with van der Waals surface area (Å²) in [6, 6.07) is 11.1. The average Bonchev–Trinajstić information content (AvgIpc) is 2.56. The fraction of sp³-hybridized carbons (Fsp3) is 0.333. The lowest BCUT2D eigenvalue weighted by Gasteiger charge is -2.12. The van der Waals surface area contributed by atoms with Crippen molar-refractivity contribution in [2.75, 3.05) is 13.6 Å². The van der Waals surface area contributed by atoms with Crippen LogP contribution in [0.1, 0.15) is 23.4 Å². The van der Waals surface area contributed by atoms with Crippen LogP contribution in [0.25, 0.3) is 0 Å². The van der Waals surface area contributed by atoms with Gasteiger partial charge in [0.2, 0.25) is 0 Å². The highest BCUT2D eigenvalue weighted by molar-refractivity contribution is 14.0. The Kier molecular flexibility index (Phi) is 9.96. The number of pyridine rings is 1. The summed E-state index contributed by atoms with van der Waals surface area (Å²) in [5.41, 5.74) is 2.69. The number of guanidine groups is 1. The molecule has 1 heterocycles. The number of hydrogen-bond acceptors (Lipinski definition) is 2. The van der Waals surface area contributed by atoms with Crippen molar-refractivity contribution in [3.05, 3.63) is 63.6 Å². The molecule has 0 saturated heterocycles. The summed E-state index contributed by atoms with van der Waals surface area (Å²) in [5, 5.41) is 6.46. The summed E-state index contributed by atoms with van der Waals surface area (Å²) in [6.45, 7) is 3.30. The molecule has 0 spiro atoms. The van der Waals surface area contributed by atoms with Gasteiger partial charge in [-0.25, -0.2) is 4.39 Å². The predicted molar refractivity (Wildman–Crippen MR) is 115 cm³/mol. The van der Waals surface area contributed by atoms with Crippen LogP contribution in [0, 0.1) is 12.7 Å². The van der Waals surface area contributed by atoms with Gasteiger partial charge in [-0.2, -0.15) is 0 Å². The third kappa shape index (κ3) is 7.68. The molecule has 0 aliphatic rings. The second-order valence-corrected chi connectivity index (χ2v) is 6.38. The van der Waals surface area contributed by atoms with E-state index in [0.717, 1.165) is 40.3 Å². The lowest BCUT2D eigenvalue weighted by molar-refractivity contribution is 0.601. The highest BCUT2D eigenvalue weighted by Gasteiger charge is 2.03. The van der Waals surface area contributed by atoms with Crippen LogP contribution in [0.2, 0.25) is 0 Å². The first-order chi connectivity index (χ1) is 11.6. The molecule has 0 unspecified atom stereocenters. The maximum atomic E-state index is 13.8. The molecule has 0 saturated carbocycles. The van der Waals surface area contributed by atoms with Gasteiger partial charge in [0.25, 0.3) is 0 Å². The first-order valence-electron chi connectivity index (χ1n) is 7.89. The summed E-state index contributed by atoms with van der Waals surface area (Å²) in [5.74, 6) is 0.548. The number of nitrogens with one attached hydrogen (secondary N) is 2. The Morgan fingerprint density at radius 1 is 1.24 bits per heavy atom. The number of aliphatic imine (C=N–C) groups is 1. The molecule has 0 atom stereocenters. The Balaban J connectivity index is 0.00000312. The van der Waals surface area contributed by atoms with Gasteiger partial charge in [0.1, 0.15) is 5.82 Å². The molecule has 0 radical (unpaired) electrons. The van der Waals surface area contributed by atoms with Crippen LogP contribution in [0.5, 0.6) is 0 Å². The molecule has 25 heavy (non-hydrogen) atoms. The second-order valence-electron chi connectivity index (χ2n) is 5.46. The molecular formula is C18H23BrFIN4. The molecule has 136 valence electrons. The van der Waals surface area contributed by atoms with Gasteiger partial charge in [0.05, 0.1) is 12.2 Å². The minimum Gasteiger partial charge on any atom is -0.356 e. The molecule has 0 fully saturated rings. The number of rotatable bonds is 6. The van der Waals surface area contributed by atoms with Crippen molar-refractivity contribution in [3.63, 3.8) is 0 Å². The van der Waals surface area contributed by atoms with E-state index in [0.29, 0.717) is 13.0 Å². The van der Waals surface area contributed by atoms with E-state index >= 15 is 0 Å². The van der Waals surface area contributed by atoms with Gasteiger partial charge in [-0.3, -0.25) is 9.98 Å². The van der Waals surface area contributed by atoms with E-state index in [2.05, 4.69) is 36.5 Å². The average molecular weight is 521 g/mol. The first-order valence-corrected chi connectivity index (χ1v) is 8.69. The molecule has 1 aromatic heterocycles. The van der Waals surface area contributed by atoms with Gasteiger partial charge in [-0.1, -0.05) is 28.1 Å². The zero-order valence-electron chi connectivity index (χ0n) is 14.4.